The van der Waals surface area contributed by atoms with Crippen LogP contribution in [-0.4, -0.2) is 55.0 Å². The Kier molecular flexibility index (Phi) is 4.98. The number of nitrogens with zero attached hydrogens (tertiary/aromatic N) is 1. The summed E-state index contributed by atoms with van der Waals surface area (Å²) in [4.78, 5) is 12.5. The quantitative estimate of drug-likeness (QED) is 0.823. The average Bonchev–Trinajstić information content (AvgIpc) is 2.70. The Morgan fingerprint density at radius 1 is 1.50 bits per heavy atom. The van der Waals surface area contributed by atoms with Crippen molar-refractivity contribution in [1.82, 2.24) is 4.90 Å². The summed E-state index contributed by atoms with van der Waals surface area (Å²) < 4.78 is 43.1. The predicted molar refractivity (Wildman–Crippen MR) is 58.2 cm³/mol. The number of carbonyl (C=O) groups is 1. The topological polar surface area (TPSA) is 49.8 Å². The van der Waals surface area contributed by atoms with Crippen molar-refractivity contribution < 1.29 is 27.8 Å². The van der Waals surface area contributed by atoms with E-state index >= 15 is 0 Å². The maximum Gasteiger partial charge on any atom is 0.393 e. The molecule has 0 bridgehead atoms. The van der Waals surface area contributed by atoms with Crippen LogP contribution >= 0.6 is 0 Å². The Labute approximate surface area is 104 Å². The van der Waals surface area contributed by atoms with Gasteiger partial charge in [0.1, 0.15) is 0 Å². The molecule has 0 aromatic rings. The molecule has 18 heavy (non-hydrogen) atoms. The van der Waals surface area contributed by atoms with Crippen molar-refractivity contribution in [2.24, 2.45) is 11.8 Å². The highest BCUT2D eigenvalue weighted by Gasteiger charge is 2.53. The van der Waals surface area contributed by atoms with Crippen LogP contribution in [0, 0.1) is 11.8 Å². The lowest BCUT2D eigenvalue weighted by molar-refractivity contribution is -0.188. The summed E-state index contributed by atoms with van der Waals surface area (Å²) >= 11 is 0. The van der Waals surface area contributed by atoms with E-state index < -0.39 is 24.0 Å². The molecule has 1 aliphatic rings. The van der Waals surface area contributed by atoms with Gasteiger partial charge in [0.25, 0.3) is 0 Å². The first-order chi connectivity index (χ1) is 8.27. The van der Waals surface area contributed by atoms with E-state index in [1.807, 2.05) is 0 Å². The van der Waals surface area contributed by atoms with Gasteiger partial charge in [0, 0.05) is 32.8 Å². The molecule has 0 amide bonds. The fraction of sp³-hybridized carbons (Fsp3) is 0.909. The van der Waals surface area contributed by atoms with Crippen LogP contribution in [0.3, 0.4) is 0 Å². The van der Waals surface area contributed by atoms with Gasteiger partial charge in [-0.1, -0.05) is 0 Å². The summed E-state index contributed by atoms with van der Waals surface area (Å²) in [7, 11) is 1.52. The average molecular weight is 269 g/mol. The van der Waals surface area contributed by atoms with Crippen molar-refractivity contribution in [3.63, 3.8) is 0 Å². The Bertz CT molecular complexity index is 296. The predicted octanol–water partition coefficient (Wildman–Crippen LogP) is 1.61. The van der Waals surface area contributed by atoms with Gasteiger partial charge in [-0.3, -0.25) is 9.69 Å². The van der Waals surface area contributed by atoms with Gasteiger partial charge in [0.2, 0.25) is 0 Å². The van der Waals surface area contributed by atoms with Gasteiger partial charge in [-0.25, -0.2) is 0 Å². The first-order valence-corrected chi connectivity index (χ1v) is 5.80. The molecule has 1 N–H and O–H groups in total. The van der Waals surface area contributed by atoms with Crippen molar-refractivity contribution in [2.75, 3.05) is 26.8 Å². The lowest BCUT2D eigenvalue weighted by Gasteiger charge is -2.24. The number of carboxylic acids is 1. The summed E-state index contributed by atoms with van der Waals surface area (Å²) in [6.45, 7) is 1.94. The molecule has 0 aliphatic carbocycles. The monoisotopic (exact) mass is 269 g/mol. The molecule has 0 spiro atoms. The zero-order chi connectivity index (χ0) is 13.9. The van der Waals surface area contributed by atoms with Gasteiger partial charge in [-0.15, -0.1) is 0 Å². The fourth-order valence-corrected chi connectivity index (χ4v) is 2.25. The minimum absolute atomic E-state index is 0.0512. The molecule has 0 saturated carbocycles. The maximum atomic E-state index is 12.7. The van der Waals surface area contributed by atoms with Crippen molar-refractivity contribution in [1.29, 1.82) is 0 Å². The van der Waals surface area contributed by atoms with Crippen LogP contribution in [0.5, 0.6) is 0 Å². The largest absolute Gasteiger partial charge is 0.481 e. The third-order valence-corrected chi connectivity index (χ3v) is 3.45. The Hall–Kier alpha value is -0.820. The molecule has 0 radical (unpaired) electrons. The van der Waals surface area contributed by atoms with Crippen LogP contribution in [0.15, 0.2) is 0 Å². The first-order valence-electron chi connectivity index (χ1n) is 5.80. The number of rotatable bonds is 5. The molecular formula is C11H18F3NO3. The van der Waals surface area contributed by atoms with Crippen LogP contribution < -0.4 is 0 Å². The van der Waals surface area contributed by atoms with E-state index in [9.17, 15) is 18.0 Å². The molecule has 0 aromatic carbocycles. The molecule has 1 fully saturated rings. The zero-order valence-corrected chi connectivity index (χ0v) is 10.4. The molecule has 1 aliphatic heterocycles. The van der Waals surface area contributed by atoms with E-state index in [2.05, 4.69) is 0 Å². The van der Waals surface area contributed by atoms with Gasteiger partial charge in [-0.05, 0) is 13.3 Å². The van der Waals surface area contributed by atoms with Crippen molar-refractivity contribution in [3.8, 4) is 0 Å². The molecule has 1 heterocycles. The number of aliphatic carboxylic acids is 1. The van der Waals surface area contributed by atoms with Crippen LogP contribution in [0.4, 0.5) is 13.2 Å². The van der Waals surface area contributed by atoms with E-state index in [1.165, 1.54) is 7.11 Å². The molecule has 0 aromatic heterocycles. The molecule has 106 valence electrons. The minimum atomic E-state index is -4.46. The number of methoxy groups -OCH3 is 1. The summed E-state index contributed by atoms with van der Waals surface area (Å²) in [5.74, 6) is -4.52. The van der Waals surface area contributed by atoms with E-state index in [0.29, 0.717) is 13.0 Å². The SMILES string of the molecule is COCCC(C)N1C[C@@H](C(F)(F)F)[C@H](C(=O)O)C1. The summed E-state index contributed by atoms with van der Waals surface area (Å²) in [6, 6.07) is -0.112. The second-order valence-corrected chi connectivity index (χ2v) is 4.68. The Morgan fingerprint density at radius 3 is 2.50 bits per heavy atom. The minimum Gasteiger partial charge on any atom is -0.481 e. The van der Waals surface area contributed by atoms with Crippen molar-refractivity contribution >= 4 is 5.97 Å². The highest BCUT2D eigenvalue weighted by molar-refractivity contribution is 5.71. The number of hydrogen-bond acceptors (Lipinski definition) is 3. The fourth-order valence-electron chi connectivity index (χ4n) is 2.25. The smallest absolute Gasteiger partial charge is 0.393 e. The number of likely N-dealkylation sites (tertiary alicyclic amines) is 1. The van der Waals surface area contributed by atoms with Crippen molar-refractivity contribution in [2.45, 2.75) is 25.6 Å². The van der Waals surface area contributed by atoms with E-state index in [-0.39, 0.29) is 19.1 Å². The van der Waals surface area contributed by atoms with Gasteiger partial charge < -0.3 is 9.84 Å². The van der Waals surface area contributed by atoms with Crippen LogP contribution in [-0.2, 0) is 9.53 Å². The number of halogens is 3. The zero-order valence-electron chi connectivity index (χ0n) is 10.4. The molecule has 1 rings (SSSR count). The molecular weight excluding hydrogens is 251 g/mol. The molecule has 1 unspecified atom stereocenters. The van der Waals surface area contributed by atoms with Crippen molar-refractivity contribution in [3.05, 3.63) is 0 Å². The number of alkyl halides is 3. The number of hydrogen-bond donors (Lipinski definition) is 1. The highest BCUT2D eigenvalue weighted by atomic mass is 19.4. The normalized spacial score (nSPS) is 27.4. The Balaban J connectivity index is 2.69. The van der Waals surface area contributed by atoms with E-state index in [1.54, 1.807) is 11.8 Å². The third kappa shape index (κ3) is 3.58. The summed E-state index contributed by atoms with van der Waals surface area (Å²) in [5, 5.41) is 8.87. The van der Waals surface area contributed by atoms with Gasteiger partial charge >= 0.3 is 12.1 Å². The van der Waals surface area contributed by atoms with Crippen LogP contribution in [0.2, 0.25) is 0 Å². The first kappa shape index (κ1) is 15.2. The number of ether oxygens (including phenoxy) is 1. The van der Waals surface area contributed by atoms with Crippen LogP contribution in [0.25, 0.3) is 0 Å². The molecule has 4 nitrogen and oxygen atoms in total. The van der Waals surface area contributed by atoms with Gasteiger partial charge in [0.15, 0.2) is 0 Å². The lowest BCUT2D eigenvalue weighted by atomic mass is 9.96. The highest BCUT2D eigenvalue weighted by Crippen LogP contribution is 2.38. The second kappa shape index (κ2) is 5.88. The third-order valence-electron chi connectivity index (χ3n) is 3.45. The van der Waals surface area contributed by atoms with Gasteiger partial charge in [-0.2, -0.15) is 13.2 Å². The number of carboxylic acid groups (broad SMARTS) is 1. The lowest BCUT2D eigenvalue weighted by Crippen LogP contribution is -2.34. The summed E-state index contributed by atoms with van der Waals surface area (Å²) in [5.41, 5.74) is 0. The van der Waals surface area contributed by atoms with E-state index in [4.69, 9.17) is 9.84 Å². The maximum absolute atomic E-state index is 12.7. The summed E-state index contributed by atoms with van der Waals surface area (Å²) in [6.07, 6.45) is -3.87. The molecule has 1 saturated heterocycles. The van der Waals surface area contributed by atoms with E-state index in [0.717, 1.165) is 0 Å². The molecule has 7 heteroatoms. The van der Waals surface area contributed by atoms with Gasteiger partial charge in [0.05, 0.1) is 11.8 Å². The molecule has 3 atom stereocenters. The standard InChI is InChI=1S/C11H18F3NO3/c1-7(3-4-18-2)15-5-8(10(16)17)9(6-15)11(12,13)14/h7-9H,3-6H2,1-2H3,(H,16,17)/t7?,8-,9-/m1/s1. The second-order valence-electron chi connectivity index (χ2n) is 4.68. The Morgan fingerprint density at radius 2 is 2.11 bits per heavy atom. The van der Waals surface area contributed by atoms with Crippen LogP contribution in [0.1, 0.15) is 13.3 Å².